The monoisotopic (exact) mass is 608 g/mol. The molecular formula is C33H65FO8. The number of carbonyl (C=O) groups excluding carboxylic acids is 5. The third kappa shape index (κ3) is 16.5. The van der Waals surface area contributed by atoms with Gasteiger partial charge in [-0.2, -0.15) is 0 Å². The average Bonchev–Trinajstić information content (AvgIpc) is 3.21. The standard InChI is InChI=1S/C12H20O5.C10H19FO.C7H10O2.4CH4/c1-5-12(3,4)11(15)17-7-6-16-10(14)8-9(2)13;1-4-8-6-9(3,12)7-10(8,11)5-2;1-4-5(2)7(9)3-6(4)8;;;;/h5-8H2,1-4H3;8,12H,4-7H2,1-3H3;4-5H,3H2,1-2H3;4*1H4. The van der Waals surface area contributed by atoms with E-state index >= 15 is 0 Å². The Kier molecular flexibility index (Phi) is 25.4. The molecule has 0 aliphatic heterocycles. The molecule has 252 valence electrons. The molecule has 0 amide bonds. The Morgan fingerprint density at radius 2 is 1.40 bits per heavy atom. The van der Waals surface area contributed by atoms with Crippen molar-refractivity contribution in [3.05, 3.63) is 0 Å². The van der Waals surface area contributed by atoms with Crippen molar-refractivity contribution in [1.29, 1.82) is 0 Å². The second kappa shape index (κ2) is 21.5. The molecular weight excluding hydrogens is 543 g/mol. The molecule has 0 aromatic carbocycles. The van der Waals surface area contributed by atoms with Gasteiger partial charge in [0, 0.05) is 18.3 Å². The van der Waals surface area contributed by atoms with Gasteiger partial charge in [0.25, 0.3) is 0 Å². The van der Waals surface area contributed by atoms with Gasteiger partial charge in [-0.05, 0) is 52.9 Å². The van der Waals surface area contributed by atoms with Gasteiger partial charge < -0.3 is 14.6 Å². The number of esters is 2. The Balaban J connectivity index is -0.000000162. The summed E-state index contributed by atoms with van der Waals surface area (Å²) in [6.07, 6.45) is 2.90. The first-order valence-electron chi connectivity index (χ1n) is 13.6. The molecule has 2 rings (SSSR count). The minimum Gasteiger partial charge on any atom is -0.462 e. The van der Waals surface area contributed by atoms with E-state index in [1.165, 1.54) is 6.92 Å². The zero-order valence-electron chi connectivity index (χ0n) is 24.8. The number of hydrogen-bond acceptors (Lipinski definition) is 8. The van der Waals surface area contributed by atoms with Crippen LogP contribution < -0.4 is 0 Å². The number of ether oxygens (including phenoxy) is 2. The van der Waals surface area contributed by atoms with E-state index in [-0.39, 0.29) is 96.8 Å². The van der Waals surface area contributed by atoms with Crippen molar-refractivity contribution in [2.75, 3.05) is 13.2 Å². The number of alkyl halides is 1. The molecule has 0 bridgehead atoms. The lowest BCUT2D eigenvalue weighted by molar-refractivity contribution is -0.159. The number of rotatable bonds is 9. The number of hydrogen-bond donors (Lipinski definition) is 1. The molecule has 5 unspecified atom stereocenters. The number of Topliss-reactive ketones (excluding diaryl/α,β-unsaturated/α-hetero) is 3. The lowest BCUT2D eigenvalue weighted by Gasteiger charge is -2.24. The van der Waals surface area contributed by atoms with Crippen LogP contribution in [0.2, 0.25) is 0 Å². The predicted octanol–water partition coefficient (Wildman–Crippen LogP) is 7.51. The summed E-state index contributed by atoms with van der Waals surface area (Å²) in [4.78, 5) is 54.6. The van der Waals surface area contributed by atoms with Crippen molar-refractivity contribution in [2.24, 2.45) is 23.2 Å². The van der Waals surface area contributed by atoms with Crippen LogP contribution in [0.3, 0.4) is 0 Å². The van der Waals surface area contributed by atoms with E-state index in [2.05, 4.69) is 0 Å². The third-order valence-corrected chi connectivity index (χ3v) is 7.70. The summed E-state index contributed by atoms with van der Waals surface area (Å²) in [5, 5.41) is 9.72. The fourth-order valence-corrected chi connectivity index (χ4v) is 4.42. The highest BCUT2D eigenvalue weighted by Gasteiger charge is 2.50. The van der Waals surface area contributed by atoms with Crippen molar-refractivity contribution in [2.45, 2.75) is 148 Å². The van der Waals surface area contributed by atoms with Crippen LogP contribution in [0.5, 0.6) is 0 Å². The van der Waals surface area contributed by atoms with Gasteiger partial charge in [0.05, 0.1) is 17.4 Å². The quantitative estimate of drug-likeness (QED) is 0.162. The minimum atomic E-state index is -1.11. The molecule has 2 aliphatic carbocycles. The molecule has 5 atom stereocenters. The molecule has 8 nitrogen and oxygen atoms in total. The summed E-state index contributed by atoms with van der Waals surface area (Å²) >= 11 is 0. The maximum Gasteiger partial charge on any atom is 0.313 e. The Labute approximate surface area is 256 Å². The van der Waals surface area contributed by atoms with Crippen LogP contribution in [0.25, 0.3) is 0 Å². The number of aliphatic hydroxyl groups is 1. The molecule has 2 fully saturated rings. The molecule has 2 aliphatic rings. The summed E-state index contributed by atoms with van der Waals surface area (Å²) in [7, 11) is 0. The summed E-state index contributed by atoms with van der Waals surface area (Å²) in [5.41, 5.74) is -2.41. The predicted molar refractivity (Wildman–Crippen MR) is 169 cm³/mol. The fourth-order valence-electron chi connectivity index (χ4n) is 4.42. The Bertz CT molecular complexity index is 818. The van der Waals surface area contributed by atoms with Crippen molar-refractivity contribution < 1.29 is 42.9 Å². The van der Waals surface area contributed by atoms with E-state index in [4.69, 9.17) is 9.47 Å². The van der Waals surface area contributed by atoms with Gasteiger partial charge in [-0.15, -0.1) is 0 Å². The topological polar surface area (TPSA) is 124 Å². The largest absolute Gasteiger partial charge is 0.462 e. The first kappa shape index (κ1) is 49.5. The molecule has 0 spiro atoms. The third-order valence-electron chi connectivity index (χ3n) is 7.70. The summed E-state index contributed by atoms with van der Waals surface area (Å²) in [5.74, 6) is -0.961. The van der Waals surface area contributed by atoms with E-state index in [9.17, 15) is 33.5 Å². The van der Waals surface area contributed by atoms with Crippen LogP contribution in [0.15, 0.2) is 0 Å². The zero-order chi connectivity index (χ0) is 29.9. The van der Waals surface area contributed by atoms with Gasteiger partial charge in [-0.1, -0.05) is 70.7 Å². The molecule has 1 N–H and O–H groups in total. The van der Waals surface area contributed by atoms with Crippen molar-refractivity contribution in [3.63, 3.8) is 0 Å². The summed E-state index contributed by atoms with van der Waals surface area (Å²) < 4.78 is 23.7. The second-order valence-corrected chi connectivity index (χ2v) is 11.5. The van der Waals surface area contributed by atoms with Crippen LogP contribution in [0, 0.1) is 23.2 Å². The summed E-state index contributed by atoms with van der Waals surface area (Å²) in [6.45, 7) is 16.0. The van der Waals surface area contributed by atoms with Gasteiger partial charge in [0.15, 0.2) is 0 Å². The van der Waals surface area contributed by atoms with Gasteiger partial charge in [-0.25, -0.2) is 4.39 Å². The minimum absolute atomic E-state index is 0. The molecule has 42 heavy (non-hydrogen) atoms. The molecule has 0 aromatic rings. The van der Waals surface area contributed by atoms with E-state index in [0.29, 0.717) is 25.7 Å². The van der Waals surface area contributed by atoms with Gasteiger partial charge in [0.2, 0.25) is 0 Å². The Morgan fingerprint density at radius 3 is 1.71 bits per heavy atom. The fraction of sp³-hybridized carbons (Fsp3) is 0.848. The van der Waals surface area contributed by atoms with Crippen molar-refractivity contribution in [3.8, 4) is 0 Å². The molecule has 9 heteroatoms. The van der Waals surface area contributed by atoms with Crippen LogP contribution in [0.4, 0.5) is 4.39 Å². The molecule has 0 saturated heterocycles. The SMILES string of the molecule is C.C.C.C.CC1C(=O)CC(=O)C1C.CCC(C)(C)C(=O)OCCOC(=O)CC(C)=O.CCC1CC(C)(O)CC1(F)CC. The highest BCUT2D eigenvalue weighted by molar-refractivity contribution is 6.08. The lowest BCUT2D eigenvalue weighted by Crippen LogP contribution is -2.28. The van der Waals surface area contributed by atoms with E-state index in [0.717, 1.165) is 6.42 Å². The maximum atomic E-state index is 14.0. The molecule has 0 aromatic heterocycles. The van der Waals surface area contributed by atoms with Gasteiger partial charge >= 0.3 is 11.9 Å². The van der Waals surface area contributed by atoms with Gasteiger partial charge in [0.1, 0.15) is 42.7 Å². The summed E-state index contributed by atoms with van der Waals surface area (Å²) in [6, 6.07) is 0. The van der Waals surface area contributed by atoms with Crippen molar-refractivity contribution in [1.82, 2.24) is 0 Å². The normalized spacial score (nSPS) is 25.8. The average molecular weight is 609 g/mol. The highest BCUT2D eigenvalue weighted by Crippen LogP contribution is 2.48. The number of ketones is 3. The molecule has 0 radical (unpaired) electrons. The van der Waals surface area contributed by atoms with Crippen molar-refractivity contribution >= 4 is 29.3 Å². The first-order valence-corrected chi connectivity index (χ1v) is 13.6. The first-order chi connectivity index (χ1) is 17.4. The highest BCUT2D eigenvalue weighted by atomic mass is 19.1. The van der Waals surface area contributed by atoms with E-state index < -0.39 is 22.7 Å². The van der Waals surface area contributed by atoms with Gasteiger partial charge in [-0.3, -0.25) is 24.0 Å². The van der Waals surface area contributed by atoms with E-state index in [1.807, 2.05) is 34.6 Å². The van der Waals surface area contributed by atoms with Crippen LogP contribution in [-0.4, -0.2) is 58.9 Å². The molecule has 2 saturated carbocycles. The second-order valence-electron chi connectivity index (χ2n) is 11.5. The van der Waals surface area contributed by atoms with Crippen LogP contribution in [-0.2, 0) is 33.4 Å². The number of halogens is 1. The van der Waals surface area contributed by atoms with Crippen LogP contribution in [0.1, 0.15) is 137 Å². The van der Waals surface area contributed by atoms with E-state index in [1.54, 1.807) is 20.8 Å². The Hall–Kier alpha value is -2.16. The smallest absolute Gasteiger partial charge is 0.313 e. The number of carbonyl (C=O) groups is 5. The van der Waals surface area contributed by atoms with Crippen LogP contribution >= 0.6 is 0 Å². The molecule has 0 heterocycles. The Morgan fingerprint density at radius 1 is 0.952 bits per heavy atom. The maximum absolute atomic E-state index is 14.0. The lowest BCUT2D eigenvalue weighted by atomic mass is 9.88. The zero-order valence-corrected chi connectivity index (χ0v) is 24.8.